The predicted octanol–water partition coefficient (Wildman–Crippen LogP) is 3.73. The first-order valence-electron chi connectivity index (χ1n) is 11.8. The van der Waals surface area contributed by atoms with Gasteiger partial charge in [0.2, 0.25) is 5.88 Å². The number of ether oxygens (including phenoxy) is 2. The topological polar surface area (TPSA) is 133 Å². The molecule has 0 saturated carbocycles. The summed E-state index contributed by atoms with van der Waals surface area (Å²) in [7, 11) is 0. The van der Waals surface area contributed by atoms with Crippen LogP contribution in [-0.4, -0.2) is 77.0 Å². The molecule has 0 bridgehead atoms. The van der Waals surface area contributed by atoms with Crippen molar-refractivity contribution in [2.45, 2.75) is 38.4 Å². The average Bonchev–Trinajstić information content (AvgIpc) is 3.23. The normalized spacial score (nSPS) is 14.8. The lowest BCUT2D eigenvalue weighted by Crippen LogP contribution is -2.40. The van der Waals surface area contributed by atoms with E-state index < -0.39 is 47.5 Å². The first kappa shape index (κ1) is 29.0. The van der Waals surface area contributed by atoms with Gasteiger partial charge in [-0.25, -0.2) is 18.4 Å². The number of carboxylic acid groups (broad SMARTS) is 1. The minimum Gasteiger partial charge on any atom is -0.477 e. The molecule has 2 aromatic rings. The van der Waals surface area contributed by atoms with Crippen LogP contribution in [0.4, 0.5) is 18.6 Å². The fraction of sp³-hybridized carbons (Fsp3) is 0.522. The lowest BCUT2D eigenvalue weighted by atomic mass is 10.1. The third-order valence-electron chi connectivity index (χ3n) is 5.63. The number of urea groups is 1. The quantitative estimate of drug-likeness (QED) is 0.271. The molecule has 0 radical (unpaired) electrons. The van der Waals surface area contributed by atoms with Crippen LogP contribution < -0.4 is 15.4 Å². The number of aromatic carboxylic acids is 1. The minimum absolute atomic E-state index is 0.0803. The Morgan fingerprint density at radius 2 is 1.92 bits per heavy atom. The molecule has 0 aliphatic carbocycles. The first-order valence-corrected chi connectivity index (χ1v) is 12.9. The van der Waals surface area contributed by atoms with Crippen molar-refractivity contribution in [3.63, 3.8) is 0 Å². The number of amides is 2. The standard InChI is InChI=1S/C23H29ClF2N4O6S/c24-14-10-17(25)16(18(26)11-14)13-36-20-19(22(32)33)21(37-29-20)28-23(34)27-5-3-1-2-4-15(31)12-30-6-8-35-9-7-30/h10-11,15,31H,1-9,12-13H2,(H,32,33)(H2,27,28,34). The number of carbonyl (C=O) groups excluding carboxylic acids is 1. The van der Waals surface area contributed by atoms with Gasteiger partial charge in [0.1, 0.15) is 23.2 Å². The zero-order chi connectivity index (χ0) is 26.8. The highest BCUT2D eigenvalue weighted by Gasteiger charge is 2.24. The maximum atomic E-state index is 14.0. The van der Waals surface area contributed by atoms with Crippen molar-refractivity contribution in [2.75, 3.05) is 44.7 Å². The molecule has 1 aliphatic heterocycles. The van der Waals surface area contributed by atoms with Crippen molar-refractivity contribution in [3.05, 3.63) is 39.9 Å². The summed E-state index contributed by atoms with van der Waals surface area (Å²) in [6.07, 6.45) is 2.55. The van der Waals surface area contributed by atoms with Crippen LogP contribution in [0.25, 0.3) is 0 Å². The van der Waals surface area contributed by atoms with Gasteiger partial charge in [-0.1, -0.05) is 24.4 Å². The number of carboxylic acids is 1. The molecule has 204 valence electrons. The number of β-amino-alcohol motifs (C(OH)–C–C–N with tert-alkyl or cyclic N) is 1. The number of benzene rings is 1. The molecule has 1 aliphatic rings. The summed E-state index contributed by atoms with van der Waals surface area (Å²) in [5.41, 5.74) is -0.862. The molecule has 2 heterocycles. The fourth-order valence-electron chi connectivity index (χ4n) is 3.70. The molecule has 1 atom stereocenters. The van der Waals surface area contributed by atoms with Gasteiger partial charge in [0.25, 0.3) is 0 Å². The number of aliphatic hydroxyl groups excluding tert-OH is 1. The molecule has 2 amide bonds. The van der Waals surface area contributed by atoms with Crippen LogP contribution in [0.15, 0.2) is 12.1 Å². The number of unbranched alkanes of at least 4 members (excludes halogenated alkanes) is 2. The van der Waals surface area contributed by atoms with E-state index in [-0.39, 0.29) is 15.9 Å². The third-order valence-corrected chi connectivity index (χ3v) is 6.60. The Bertz CT molecular complexity index is 1050. The van der Waals surface area contributed by atoms with Gasteiger partial charge in [0.15, 0.2) is 5.56 Å². The lowest BCUT2D eigenvalue weighted by Gasteiger charge is -2.28. The molecule has 1 saturated heterocycles. The highest BCUT2D eigenvalue weighted by molar-refractivity contribution is 7.11. The molecule has 14 heteroatoms. The number of anilines is 1. The van der Waals surface area contributed by atoms with E-state index in [9.17, 15) is 28.6 Å². The van der Waals surface area contributed by atoms with E-state index in [1.54, 1.807) is 0 Å². The van der Waals surface area contributed by atoms with E-state index in [1.165, 1.54) is 0 Å². The van der Waals surface area contributed by atoms with E-state index in [0.29, 0.717) is 50.7 Å². The largest absolute Gasteiger partial charge is 0.477 e. The van der Waals surface area contributed by atoms with E-state index in [0.717, 1.165) is 38.1 Å². The summed E-state index contributed by atoms with van der Waals surface area (Å²) < 4.78 is 42.3. The molecule has 3 rings (SSSR count). The van der Waals surface area contributed by atoms with Gasteiger partial charge in [-0.05, 0) is 36.5 Å². The first-order chi connectivity index (χ1) is 17.7. The summed E-state index contributed by atoms with van der Waals surface area (Å²) in [6, 6.07) is 1.20. The SMILES string of the molecule is O=C(NCCCCCC(O)CN1CCOCC1)Nc1snc(OCc2c(F)cc(Cl)cc2F)c1C(=O)O. The number of hydrogen-bond acceptors (Lipinski definition) is 8. The number of hydrogen-bond donors (Lipinski definition) is 4. The van der Waals surface area contributed by atoms with Crippen LogP contribution in [0, 0.1) is 11.6 Å². The van der Waals surface area contributed by atoms with Crippen molar-refractivity contribution >= 4 is 40.1 Å². The van der Waals surface area contributed by atoms with Crippen molar-refractivity contribution in [1.82, 2.24) is 14.6 Å². The maximum absolute atomic E-state index is 14.0. The summed E-state index contributed by atoms with van der Waals surface area (Å²) in [4.78, 5) is 26.1. The number of aromatic nitrogens is 1. The van der Waals surface area contributed by atoms with Gasteiger partial charge in [-0.2, -0.15) is 4.37 Å². The molecule has 4 N–H and O–H groups in total. The van der Waals surface area contributed by atoms with Gasteiger partial charge >= 0.3 is 12.0 Å². The number of carbonyl (C=O) groups is 2. The second-order valence-corrected chi connectivity index (χ2v) is 9.64. The summed E-state index contributed by atoms with van der Waals surface area (Å²) in [5.74, 6) is -3.69. The molecular formula is C23H29ClF2N4O6S. The van der Waals surface area contributed by atoms with E-state index in [2.05, 4.69) is 19.9 Å². The monoisotopic (exact) mass is 562 g/mol. The van der Waals surface area contributed by atoms with Crippen molar-refractivity contribution in [2.24, 2.45) is 0 Å². The van der Waals surface area contributed by atoms with E-state index in [4.69, 9.17) is 21.1 Å². The van der Waals surface area contributed by atoms with Crippen LogP contribution in [0.5, 0.6) is 5.88 Å². The van der Waals surface area contributed by atoms with Gasteiger partial charge in [0.05, 0.1) is 24.9 Å². The molecule has 10 nitrogen and oxygen atoms in total. The molecule has 1 unspecified atom stereocenters. The van der Waals surface area contributed by atoms with E-state index in [1.807, 2.05) is 0 Å². The average molecular weight is 563 g/mol. The number of halogens is 3. The minimum atomic E-state index is -1.42. The number of nitrogens with one attached hydrogen (secondary N) is 2. The van der Waals surface area contributed by atoms with Crippen LogP contribution in [0.1, 0.15) is 41.6 Å². The number of rotatable bonds is 13. The van der Waals surface area contributed by atoms with Crippen molar-refractivity contribution in [3.8, 4) is 5.88 Å². The second-order valence-electron chi connectivity index (χ2n) is 8.43. The molecule has 0 spiro atoms. The van der Waals surface area contributed by atoms with Crippen LogP contribution >= 0.6 is 23.1 Å². The van der Waals surface area contributed by atoms with Gasteiger partial charge in [0, 0.05) is 31.2 Å². The Kier molecular flexibility index (Phi) is 11.3. The number of morpholine rings is 1. The summed E-state index contributed by atoms with van der Waals surface area (Å²) in [5, 5.41) is 24.5. The molecule has 37 heavy (non-hydrogen) atoms. The van der Waals surface area contributed by atoms with E-state index >= 15 is 0 Å². The highest BCUT2D eigenvalue weighted by Crippen LogP contribution is 2.31. The number of nitrogens with zero attached hydrogens (tertiary/aromatic N) is 2. The number of aliphatic hydroxyl groups is 1. The molecular weight excluding hydrogens is 534 g/mol. The fourth-order valence-corrected chi connectivity index (χ4v) is 4.62. The molecule has 1 aromatic heterocycles. The maximum Gasteiger partial charge on any atom is 0.344 e. The van der Waals surface area contributed by atoms with Crippen molar-refractivity contribution < 1.29 is 38.1 Å². The molecule has 1 fully saturated rings. The predicted molar refractivity (Wildman–Crippen MR) is 134 cm³/mol. The Morgan fingerprint density at radius 1 is 1.22 bits per heavy atom. The zero-order valence-corrected chi connectivity index (χ0v) is 21.5. The zero-order valence-electron chi connectivity index (χ0n) is 20.0. The van der Waals surface area contributed by atoms with Crippen LogP contribution in [0.2, 0.25) is 5.02 Å². The smallest absolute Gasteiger partial charge is 0.344 e. The Morgan fingerprint density at radius 3 is 2.59 bits per heavy atom. The summed E-state index contributed by atoms with van der Waals surface area (Å²) in [6.45, 7) is 3.39. The Balaban J connectivity index is 1.40. The Labute approximate surface area is 221 Å². The Hall–Kier alpha value is -2.58. The lowest BCUT2D eigenvalue weighted by molar-refractivity contribution is 0.0127. The summed E-state index contributed by atoms with van der Waals surface area (Å²) >= 11 is 6.26. The van der Waals surface area contributed by atoms with Gasteiger partial charge in [-0.3, -0.25) is 10.2 Å². The van der Waals surface area contributed by atoms with Crippen LogP contribution in [-0.2, 0) is 11.3 Å². The third kappa shape index (κ3) is 9.04. The van der Waals surface area contributed by atoms with Gasteiger partial charge in [-0.15, -0.1) is 0 Å². The molecule has 1 aromatic carbocycles. The second kappa shape index (κ2) is 14.4. The van der Waals surface area contributed by atoms with Crippen LogP contribution in [0.3, 0.4) is 0 Å². The van der Waals surface area contributed by atoms with Crippen molar-refractivity contribution in [1.29, 1.82) is 0 Å². The van der Waals surface area contributed by atoms with Gasteiger partial charge < -0.3 is 25.0 Å². The highest BCUT2D eigenvalue weighted by atomic mass is 35.5.